The van der Waals surface area contributed by atoms with Crippen LogP contribution in [0.5, 0.6) is 5.75 Å². The largest absolute Gasteiger partial charge is 0.480 e. The summed E-state index contributed by atoms with van der Waals surface area (Å²) in [6, 6.07) is 8.98. The molecule has 0 heterocycles. The van der Waals surface area contributed by atoms with Crippen LogP contribution in [0.2, 0.25) is 0 Å². The summed E-state index contributed by atoms with van der Waals surface area (Å²) in [4.78, 5) is 12.1. The van der Waals surface area contributed by atoms with Crippen LogP contribution in [0, 0.1) is 0 Å². The first-order valence-corrected chi connectivity index (χ1v) is 7.53. The van der Waals surface area contributed by atoms with Crippen LogP contribution in [0.4, 0.5) is 0 Å². The van der Waals surface area contributed by atoms with Crippen LogP contribution < -0.4 is 4.74 Å². The predicted octanol–water partition coefficient (Wildman–Crippen LogP) is 2.90. The van der Waals surface area contributed by atoms with Crippen molar-refractivity contribution in [3.63, 3.8) is 0 Å². The maximum absolute atomic E-state index is 12.1. The van der Waals surface area contributed by atoms with Gasteiger partial charge < -0.3 is 13.8 Å². The third-order valence-electron chi connectivity index (χ3n) is 2.68. The summed E-state index contributed by atoms with van der Waals surface area (Å²) in [5.74, 6) is 0.230. The molecule has 0 saturated carbocycles. The molecule has 0 unspecified atom stereocenters. The van der Waals surface area contributed by atoms with Crippen LogP contribution in [-0.4, -0.2) is 31.8 Å². The van der Waals surface area contributed by atoms with Crippen LogP contribution in [0.3, 0.4) is 0 Å². The van der Waals surface area contributed by atoms with Gasteiger partial charge in [0.1, 0.15) is 11.9 Å². The van der Waals surface area contributed by atoms with Gasteiger partial charge in [-0.15, -0.1) is 0 Å². The van der Waals surface area contributed by atoms with Crippen molar-refractivity contribution >= 4 is 13.4 Å². The highest BCUT2D eigenvalue weighted by Crippen LogP contribution is 2.47. The first kappa shape index (κ1) is 15.9. The smallest absolute Gasteiger partial charge is 0.337 e. The zero-order valence-electron chi connectivity index (χ0n) is 11.6. The van der Waals surface area contributed by atoms with E-state index in [0.29, 0.717) is 5.75 Å². The second-order valence-electron chi connectivity index (χ2n) is 4.48. The monoisotopic (exact) mass is 286 g/mol. The number of carbonyl (C=O) groups is 1. The molecule has 1 aromatic rings. The molecule has 0 bridgehead atoms. The van der Waals surface area contributed by atoms with Gasteiger partial charge in [-0.2, -0.15) is 0 Å². The van der Waals surface area contributed by atoms with E-state index in [4.69, 9.17) is 13.8 Å². The van der Waals surface area contributed by atoms with Crippen LogP contribution in [-0.2, 0) is 18.4 Å². The van der Waals surface area contributed by atoms with Gasteiger partial charge in [-0.05, 0) is 26.0 Å². The fourth-order valence-electron chi connectivity index (χ4n) is 1.41. The Hall–Kier alpha value is -1.16. The minimum atomic E-state index is -3.37. The van der Waals surface area contributed by atoms with Crippen LogP contribution in [0.15, 0.2) is 30.3 Å². The minimum absolute atomic E-state index is 0.320. The maximum atomic E-state index is 12.1. The van der Waals surface area contributed by atoms with Gasteiger partial charge in [0.05, 0.1) is 0 Å². The highest BCUT2D eigenvalue weighted by Gasteiger charge is 2.36. The van der Waals surface area contributed by atoms with Crippen molar-refractivity contribution < 1.29 is 23.1 Å². The lowest BCUT2D eigenvalue weighted by Crippen LogP contribution is -2.40. The lowest BCUT2D eigenvalue weighted by Gasteiger charge is -2.26. The zero-order chi connectivity index (χ0) is 14.5. The van der Waals surface area contributed by atoms with Gasteiger partial charge in [0.25, 0.3) is 0 Å². The molecular formula is C13H19O5P. The average molecular weight is 286 g/mol. The Morgan fingerprint density at radius 2 is 1.68 bits per heavy atom. The molecule has 0 atom stereocenters. The molecule has 0 N–H and O–H groups in total. The molecule has 5 nitrogen and oxygen atoms in total. The number of benzene rings is 1. The van der Waals surface area contributed by atoms with Gasteiger partial charge in [-0.25, -0.2) is 0 Å². The number of carbonyl (C=O) groups excluding carboxylic acids is 1. The van der Waals surface area contributed by atoms with Gasteiger partial charge in [-0.3, -0.25) is 9.36 Å². The second kappa shape index (κ2) is 6.33. The molecule has 0 radical (unpaired) electrons. The lowest BCUT2D eigenvalue weighted by molar-refractivity contribution is -0.129. The molecule has 0 aliphatic heterocycles. The number of hydrogen-bond donors (Lipinski definition) is 0. The number of rotatable bonds is 7. The Morgan fingerprint density at radius 1 is 1.16 bits per heavy atom. The van der Waals surface area contributed by atoms with Crippen molar-refractivity contribution in [1.29, 1.82) is 0 Å². The number of para-hydroxylation sites is 1. The summed E-state index contributed by atoms with van der Waals surface area (Å²) < 4.78 is 27.1. The number of ether oxygens (including phenoxy) is 1. The number of Topliss-reactive ketones (excluding diaryl/α,β-unsaturated/α-hetero) is 1. The summed E-state index contributed by atoms with van der Waals surface area (Å²) in [5.41, 5.74) is -1.10. The summed E-state index contributed by atoms with van der Waals surface area (Å²) in [5, 5.41) is 0. The third kappa shape index (κ3) is 4.46. The highest BCUT2D eigenvalue weighted by atomic mass is 31.2. The van der Waals surface area contributed by atoms with Gasteiger partial charge in [0, 0.05) is 14.2 Å². The summed E-state index contributed by atoms with van der Waals surface area (Å²) >= 11 is 0. The normalized spacial score (nSPS) is 12.2. The summed E-state index contributed by atoms with van der Waals surface area (Å²) in [6.07, 6.45) is -0.320. The Morgan fingerprint density at radius 3 is 2.16 bits per heavy atom. The molecule has 6 heteroatoms. The van der Waals surface area contributed by atoms with Gasteiger partial charge >= 0.3 is 7.60 Å². The van der Waals surface area contributed by atoms with Crippen molar-refractivity contribution in [1.82, 2.24) is 0 Å². The van der Waals surface area contributed by atoms with E-state index in [-0.39, 0.29) is 11.9 Å². The van der Waals surface area contributed by atoms with Gasteiger partial charge in [-0.1, -0.05) is 18.2 Å². The fraction of sp³-hybridized carbons (Fsp3) is 0.462. The number of hydrogen-bond acceptors (Lipinski definition) is 5. The lowest BCUT2D eigenvalue weighted by atomic mass is 10.1. The van der Waals surface area contributed by atoms with Crippen molar-refractivity contribution in [3.05, 3.63) is 30.3 Å². The first-order valence-electron chi connectivity index (χ1n) is 5.81. The van der Waals surface area contributed by atoms with E-state index in [1.807, 2.05) is 18.2 Å². The molecule has 0 fully saturated rings. The molecule has 0 amide bonds. The van der Waals surface area contributed by atoms with Crippen molar-refractivity contribution in [3.8, 4) is 5.75 Å². The Balaban J connectivity index is 2.77. The van der Waals surface area contributed by atoms with Crippen LogP contribution in [0.25, 0.3) is 0 Å². The van der Waals surface area contributed by atoms with E-state index >= 15 is 0 Å². The average Bonchev–Trinajstić information content (AvgIpc) is 2.39. The molecule has 0 aromatic heterocycles. The van der Waals surface area contributed by atoms with E-state index in [1.165, 1.54) is 14.2 Å². The van der Waals surface area contributed by atoms with Crippen molar-refractivity contribution in [2.24, 2.45) is 0 Å². The van der Waals surface area contributed by atoms with Gasteiger partial charge in [0.15, 0.2) is 11.4 Å². The van der Waals surface area contributed by atoms with E-state index in [9.17, 15) is 9.36 Å². The SMILES string of the molecule is COP(=O)(CC(=O)C(C)(C)Oc1ccccc1)OC. The van der Waals surface area contributed by atoms with E-state index in [1.54, 1.807) is 26.0 Å². The van der Waals surface area contributed by atoms with E-state index in [0.717, 1.165) is 0 Å². The van der Waals surface area contributed by atoms with Crippen molar-refractivity contribution in [2.75, 3.05) is 20.4 Å². The topological polar surface area (TPSA) is 61.8 Å². The molecule has 19 heavy (non-hydrogen) atoms. The molecule has 1 rings (SSSR count). The zero-order valence-corrected chi connectivity index (χ0v) is 12.5. The molecule has 0 spiro atoms. The molecule has 1 aromatic carbocycles. The van der Waals surface area contributed by atoms with Crippen LogP contribution >= 0.6 is 7.60 Å². The molecule has 0 saturated heterocycles. The Bertz CT molecular complexity index is 461. The highest BCUT2D eigenvalue weighted by molar-refractivity contribution is 7.54. The summed E-state index contributed by atoms with van der Waals surface area (Å²) in [6.45, 7) is 3.25. The molecule has 106 valence electrons. The first-order chi connectivity index (χ1) is 8.83. The molecule has 0 aliphatic rings. The van der Waals surface area contributed by atoms with E-state index in [2.05, 4.69) is 0 Å². The summed E-state index contributed by atoms with van der Waals surface area (Å²) in [7, 11) is -0.863. The molecule has 0 aliphatic carbocycles. The number of ketones is 1. The molecular weight excluding hydrogens is 267 g/mol. The van der Waals surface area contributed by atoms with Crippen molar-refractivity contribution in [2.45, 2.75) is 19.4 Å². The quantitative estimate of drug-likeness (QED) is 0.721. The van der Waals surface area contributed by atoms with E-state index < -0.39 is 13.2 Å². The second-order valence-corrected chi connectivity index (χ2v) is 6.75. The predicted molar refractivity (Wildman–Crippen MR) is 72.6 cm³/mol. The Labute approximate surface area is 113 Å². The van der Waals surface area contributed by atoms with Gasteiger partial charge in [0.2, 0.25) is 0 Å². The maximum Gasteiger partial charge on any atom is 0.337 e. The third-order valence-corrected chi connectivity index (χ3v) is 4.47. The minimum Gasteiger partial charge on any atom is -0.480 e. The fourth-order valence-corrected chi connectivity index (χ4v) is 2.55. The Kier molecular flexibility index (Phi) is 5.29. The standard InChI is InChI=1S/C13H19O5P/c1-13(2,18-11-8-6-5-7-9-11)12(14)10-19(15,16-3)17-4/h5-9H,10H2,1-4H3. The van der Waals surface area contributed by atoms with Crippen LogP contribution in [0.1, 0.15) is 13.8 Å².